The van der Waals surface area contributed by atoms with Crippen LogP contribution in [0.2, 0.25) is 0 Å². The summed E-state index contributed by atoms with van der Waals surface area (Å²) in [5, 5.41) is 2.83. The molecular formula is C20H24N2O4. The Kier molecular flexibility index (Phi) is 6.72. The van der Waals surface area contributed by atoms with E-state index in [1.54, 1.807) is 0 Å². The van der Waals surface area contributed by atoms with E-state index in [1.165, 1.54) is 26.1 Å². The zero-order chi connectivity index (χ0) is 19.1. The number of H-pyrrole nitrogens is 1. The fourth-order valence-corrected chi connectivity index (χ4v) is 2.58. The number of rotatable bonds is 8. The predicted octanol–water partition coefficient (Wildman–Crippen LogP) is 3.07. The number of carbonyl (C=O) groups excluding carboxylic acids is 3. The SMILES string of the molecule is CC[C@@H](CNC(=O)[C@@H](C)OC(=O)c1cc(C(C)=O)c[nH]1)c1ccccc1. The van der Waals surface area contributed by atoms with Crippen molar-refractivity contribution in [1.82, 2.24) is 10.3 Å². The van der Waals surface area contributed by atoms with E-state index in [9.17, 15) is 14.4 Å². The van der Waals surface area contributed by atoms with E-state index in [2.05, 4.69) is 17.2 Å². The Hall–Kier alpha value is -2.89. The Balaban J connectivity index is 1.88. The predicted molar refractivity (Wildman–Crippen MR) is 98.2 cm³/mol. The molecule has 2 atom stereocenters. The van der Waals surface area contributed by atoms with E-state index in [0.29, 0.717) is 12.1 Å². The second-order valence-corrected chi connectivity index (χ2v) is 6.17. The Labute approximate surface area is 152 Å². The van der Waals surface area contributed by atoms with Crippen LogP contribution in [-0.4, -0.2) is 35.3 Å². The van der Waals surface area contributed by atoms with Crippen molar-refractivity contribution in [1.29, 1.82) is 0 Å². The average molecular weight is 356 g/mol. The lowest BCUT2D eigenvalue weighted by atomic mass is 9.96. The molecule has 2 aromatic rings. The number of aromatic amines is 1. The molecule has 0 bridgehead atoms. The molecule has 0 unspecified atom stereocenters. The van der Waals surface area contributed by atoms with Crippen molar-refractivity contribution >= 4 is 17.7 Å². The van der Waals surface area contributed by atoms with Crippen molar-refractivity contribution in [3.63, 3.8) is 0 Å². The summed E-state index contributed by atoms with van der Waals surface area (Å²) in [5.41, 5.74) is 1.69. The van der Waals surface area contributed by atoms with Crippen LogP contribution in [0.5, 0.6) is 0 Å². The third-order valence-electron chi connectivity index (χ3n) is 4.25. The van der Waals surface area contributed by atoms with Gasteiger partial charge >= 0.3 is 5.97 Å². The summed E-state index contributed by atoms with van der Waals surface area (Å²) >= 11 is 0. The van der Waals surface area contributed by atoms with E-state index in [4.69, 9.17) is 4.74 Å². The summed E-state index contributed by atoms with van der Waals surface area (Å²) in [5.74, 6) is -0.983. The number of nitrogens with one attached hydrogen (secondary N) is 2. The minimum atomic E-state index is -0.931. The van der Waals surface area contributed by atoms with E-state index in [1.807, 2.05) is 30.3 Å². The van der Waals surface area contributed by atoms with Gasteiger partial charge < -0.3 is 15.0 Å². The lowest BCUT2D eigenvalue weighted by Gasteiger charge is -2.18. The summed E-state index contributed by atoms with van der Waals surface area (Å²) in [6, 6.07) is 11.4. The summed E-state index contributed by atoms with van der Waals surface area (Å²) in [6.07, 6.45) is 1.39. The smallest absolute Gasteiger partial charge is 0.355 e. The van der Waals surface area contributed by atoms with Gasteiger partial charge in [0.15, 0.2) is 11.9 Å². The van der Waals surface area contributed by atoms with Gasteiger partial charge in [0.1, 0.15) is 5.69 Å². The zero-order valence-electron chi connectivity index (χ0n) is 15.2. The van der Waals surface area contributed by atoms with Crippen molar-refractivity contribution < 1.29 is 19.1 Å². The van der Waals surface area contributed by atoms with Crippen LogP contribution in [0.4, 0.5) is 0 Å². The van der Waals surface area contributed by atoms with Crippen LogP contribution < -0.4 is 5.32 Å². The van der Waals surface area contributed by atoms with Crippen molar-refractivity contribution in [2.24, 2.45) is 0 Å². The van der Waals surface area contributed by atoms with Gasteiger partial charge in [0.2, 0.25) is 0 Å². The van der Waals surface area contributed by atoms with Gasteiger partial charge in [-0.25, -0.2) is 4.79 Å². The van der Waals surface area contributed by atoms with E-state index < -0.39 is 12.1 Å². The molecule has 0 spiro atoms. The number of ketones is 1. The van der Waals surface area contributed by atoms with Crippen molar-refractivity contribution in [3.8, 4) is 0 Å². The number of ether oxygens (including phenoxy) is 1. The number of hydrogen-bond donors (Lipinski definition) is 2. The fourth-order valence-electron chi connectivity index (χ4n) is 2.58. The molecule has 26 heavy (non-hydrogen) atoms. The monoisotopic (exact) mass is 356 g/mol. The molecule has 6 heteroatoms. The van der Waals surface area contributed by atoms with Crippen LogP contribution in [0.3, 0.4) is 0 Å². The maximum atomic E-state index is 12.2. The molecule has 2 N–H and O–H groups in total. The average Bonchev–Trinajstić information content (AvgIpc) is 3.13. The molecule has 0 aliphatic carbocycles. The molecule has 1 aromatic carbocycles. The summed E-state index contributed by atoms with van der Waals surface area (Å²) in [4.78, 5) is 38.2. The van der Waals surface area contributed by atoms with E-state index >= 15 is 0 Å². The molecule has 2 rings (SSSR count). The van der Waals surface area contributed by atoms with Gasteiger partial charge in [-0.2, -0.15) is 0 Å². The molecule has 0 aliphatic rings. The summed E-state index contributed by atoms with van der Waals surface area (Å²) in [7, 11) is 0. The number of amides is 1. The molecule has 0 fully saturated rings. The number of aromatic nitrogens is 1. The topological polar surface area (TPSA) is 88.3 Å². The molecule has 1 amide bonds. The van der Waals surface area contributed by atoms with Crippen LogP contribution >= 0.6 is 0 Å². The number of esters is 1. The van der Waals surface area contributed by atoms with Crippen LogP contribution in [0, 0.1) is 0 Å². The Bertz CT molecular complexity index is 767. The minimum Gasteiger partial charge on any atom is -0.448 e. The molecule has 0 aliphatic heterocycles. The first-order valence-corrected chi connectivity index (χ1v) is 8.65. The van der Waals surface area contributed by atoms with Gasteiger partial charge in [-0.15, -0.1) is 0 Å². The number of carbonyl (C=O) groups is 3. The molecule has 0 radical (unpaired) electrons. The van der Waals surface area contributed by atoms with Gasteiger partial charge in [0.05, 0.1) is 0 Å². The highest BCUT2D eigenvalue weighted by molar-refractivity contribution is 5.98. The van der Waals surface area contributed by atoms with Crippen LogP contribution in [0.15, 0.2) is 42.6 Å². The number of hydrogen-bond acceptors (Lipinski definition) is 4. The lowest BCUT2D eigenvalue weighted by molar-refractivity contribution is -0.129. The molecule has 138 valence electrons. The van der Waals surface area contributed by atoms with Crippen LogP contribution in [0.1, 0.15) is 59.5 Å². The largest absolute Gasteiger partial charge is 0.448 e. The minimum absolute atomic E-state index is 0.144. The first-order valence-electron chi connectivity index (χ1n) is 8.65. The quantitative estimate of drug-likeness (QED) is 0.562. The molecular weight excluding hydrogens is 332 g/mol. The highest BCUT2D eigenvalue weighted by Gasteiger charge is 2.21. The molecule has 1 aromatic heterocycles. The Morgan fingerprint density at radius 1 is 1.19 bits per heavy atom. The van der Waals surface area contributed by atoms with Crippen molar-refractivity contribution in [3.05, 3.63) is 59.4 Å². The van der Waals surface area contributed by atoms with Gasteiger partial charge in [-0.05, 0) is 31.9 Å². The van der Waals surface area contributed by atoms with Gasteiger partial charge in [-0.1, -0.05) is 37.3 Å². The zero-order valence-corrected chi connectivity index (χ0v) is 15.2. The maximum absolute atomic E-state index is 12.2. The third-order valence-corrected chi connectivity index (χ3v) is 4.25. The molecule has 1 heterocycles. The number of benzene rings is 1. The Morgan fingerprint density at radius 3 is 2.46 bits per heavy atom. The van der Waals surface area contributed by atoms with Crippen LogP contribution in [0.25, 0.3) is 0 Å². The molecule has 0 saturated heterocycles. The summed E-state index contributed by atoms with van der Waals surface area (Å²) < 4.78 is 5.17. The molecule has 6 nitrogen and oxygen atoms in total. The van der Waals surface area contributed by atoms with Crippen molar-refractivity contribution in [2.75, 3.05) is 6.54 Å². The highest BCUT2D eigenvalue weighted by Crippen LogP contribution is 2.18. The highest BCUT2D eigenvalue weighted by atomic mass is 16.5. The van der Waals surface area contributed by atoms with Gasteiger partial charge in [0.25, 0.3) is 5.91 Å². The normalized spacial score (nSPS) is 12.9. The lowest BCUT2D eigenvalue weighted by Crippen LogP contribution is -2.38. The van der Waals surface area contributed by atoms with Gasteiger partial charge in [-0.3, -0.25) is 9.59 Å². The number of Topliss-reactive ketones (excluding diaryl/α,β-unsaturated/α-hetero) is 1. The second kappa shape index (κ2) is 8.99. The first kappa shape index (κ1) is 19.4. The third kappa shape index (κ3) is 5.05. The van der Waals surface area contributed by atoms with Gasteiger partial charge in [0, 0.05) is 24.2 Å². The second-order valence-electron chi connectivity index (χ2n) is 6.17. The van der Waals surface area contributed by atoms with E-state index in [0.717, 1.165) is 12.0 Å². The Morgan fingerprint density at radius 2 is 1.88 bits per heavy atom. The van der Waals surface area contributed by atoms with Crippen molar-refractivity contribution in [2.45, 2.75) is 39.2 Å². The first-order chi connectivity index (χ1) is 12.4. The maximum Gasteiger partial charge on any atom is 0.355 e. The molecule has 0 saturated carbocycles. The van der Waals surface area contributed by atoms with E-state index in [-0.39, 0.29) is 23.3 Å². The standard InChI is InChI=1S/C20H24N2O4/c1-4-15(16-8-6-5-7-9-16)11-22-19(24)14(3)26-20(25)18-10-17(12-21-18)13(2)23/h5-10,12,14-15,21H,4,11H2,1-3H3,(H,22,24)/t14-,15+/m1/s1. The summed E-state index contributed by atoms with van der Waals surface area (Å²) in [6.45, 7) is 5.46. The fraction of sp³-hybridized carbons (Fsp3) is 0.350. The van der Waals surface area contributed by atoms with Crippen LogP contribution in [-0.2, 0) is 9.53 Å².